The van der Waals surface area contributed by atoms with Crippen molar-refractivity contribution in [2.45, 2.75) is 0 Å². The van der Waals surface area contributed by atoms with Crippen molar-refractivity contribution < 1.29 is 10.0 Å². The van der Waals surface area contributed by atoms with Crippen molar-refractivity contribution >= 4 is 16.6 Å². The summed E-state index contributed by atoms with van der Waals surface area (Å²) < 4.78 is 1.29. The molecule has 0 atom stereocenters. The number of nitro groups is 1. The van der Waals surface area contributed by atoms with E-state index in [2.05, 4.69) is 4.98 Å². The molecule has 1 N–H and O–H groups in total. The topological polar surface area (TPSA) is 98.3 Å². The Morgan fingerprint density at radius 3 is 2.52 bits per heavy atom. The van der Waals surface area contributed by atoms with Crippen molar-refractivity contribution in [2.75, 3.05) is 0 Å². The maximum Gasteiger partial charge on any atom is 0.269 e. The monoisotopic (exact) mass is 283 g/mol. The second kappa shape index (κ2) is 4.71. The van der Waals surface area contributed by atoms with Crippen molar-refractivity contribution in [3.05, 3.63) is 69.3 Å². The largest absolute Gasteiger partial charge is 0.508 e. The molecule has 3 aromatic rings. The van der Waals surface area contributed by atoms with Gasteiger partial charge < -0.3 is 5.11 Å². The van der Waals surface area contributed by atoms with E-state index in [0.717, 1.165) is 0 Å². The lowest BCUT2D eigenvalue weighted by molar-refractivity contribution is -0.384. The molecule has 0 bridgehead atoms. The number of nitrogens with zero attached hydrogens (tertiary/aromatic N) is 3. The van der Waals surface area contributed by atoms with E-state index >= 15 is 0 Å². The van der Waals surface area contributed by atoms with Crippen LogP contribution in [0.15, 0.2) is 53.6 Å². The fraction of sp³-hybridized carbons (Fsp3) is 0. The molecule has 1 aromatic heterocycles. The van der Waals surface area contributed by atoms with E-state index in [1.165, 1.54) is 53.4 Å². The summed E-state index contributed by atoms with van der Waals surface area (Å²) in [6, 6.07) is 9.90. The number of hydrogen-bond donors (Lipinski definition) is 1. The van der Waals surface area contributed by atoms with Gasteiger partial charge in [0.2, 0.25) is 0 Å². The Kier molecular flexibility index (Phi) is 2.87. The number of nitro benzene ring substituents is 1. The van der Waals surface area contributed by atoms with E-state index in [9.17, 15) is 20.0 Å². The molecule has 7 heteroatoms. The lowest BCUT2D eigenvalue weighted by atomic mass is 10.2. The summed E-state index contributed by atoms with van der Waals surface area (Å²) in [7, 11) is 0. The third-order valence-corrected chi connectivity index (χ3v) is 3.08. The summed E-state index contributed by atoms with van der Waals surface area (Å²) in [5.74, 6) is 0.0301. The highest BCUT2D eigenvalue weighted by Crippen LogP contribution is 2.17. The molecular formula is C14H9N3O4. The number of phenols is 1. The smallest absolute Gasteiger partial charge is 0.269 e. The van der Waals surface area contributed by atoms with E-state index in [-0.39, 0.29) is 17.0 Å². The number of non-ortho nitro benzene ring substituents is 1. The molecule has 104 valence electrons. The van der Waals surface area contributed by atoms with Gasteiger partial charge in [-0.15, -0.1) is 0 Å². The van der Waals surface area contributed by atoms with Gasteiger partial charge in [-0.25, -0.2) is 4.98 Å². The SMILES string of the molecule is O=c1c2ccc(O)cc2ncn1-c1ccc([N+](=O)[O-])cc1. The zero-order valence-electron chi connectivity index (χ0n) is 10.6. The van der Waals surface area contributed by atoms with Gasteiger partial charge >= 0.3 is 0 Å². The van der Waals surface area contributed by atoms with Crippen LogP contribution in [0.25, 0.3) is 16.6 Å². The average molecular weight is 283 g/mol. The third-order valence-electron chi connectivity index (χ3n) is 3.08. The summed E-state index contributed by atoms with van der Waals surface area (Å²) in [6.07, 6.45) is 1.32. The van der Waals surface area contributed by atoms with Gasteiger partial charge in [-0.2, -0.15) is 0 Å². The predicted molar refractivity (Wildman–Crippen MR) is 75.7 cm³/mol. The maximum atomic E-state index is 12.4. The molecule has 0 aliphatic carbocycles. The van der Waals surface area contributed by atoms with Crippen LogP contribution in [-0.4, -0.2) is 19.6 Å². The number of fused-ring (bicyclic) bond motifs is 1. The fourth-order valence-electron chi connectivity index (χ4n) is 2.03. The lowest BCUT2D eigenvalue weighted by Gasteiger charge is -2.06. The summed E-state index contributed by atoms with van der Waals surface area (Å²) in [6.45, 7) is 0. The minimum Gasteiger partial charge on any atom is -0.508 e. The summed E-state index contributed by atoms with van der Waals surface area (Å²) in [5, 5.41) is 20.4. The normalized spacial score (nSPS) is 10.7. The van der Waals surface area contributed by atoms with E-state index in [0.29, 0.717) is 16.6 Å². The van der Waals surface area contributed by atoms with Gasteiger partial charge in [0.15, 0.2) is 0 Å². The van der Waals surface area contributed by atoms with Crippen LogP contribution in [0.3, 0.4) is 0 Å². The number of hydrogen-bond acceptors (Lipinski definition) is 5. The molecule has 0 aliphatic rings. The van der Waals surface area contributed by atoms with Gasteiger partial charge in [-0.3, -0.25) is 19.5 Å². The molecule has 7 nitrogen and oxygen atoms in total. The highest BCUT2D eigenvalue weighted by atomic mass is 16.6. The minimum atomic E-state index is -0.506. The molecule has 0 unspecified atom stereocenters. The molecule has 0 fully saturated rings. The van der Waals surface area contributed by atoms with Crippen LogP contribution < -0.4 is 5.56 Å². The van der Waals surface area contributed by atoms with Gasteiger partial charge in [0.25, 0.3) is 11.2 Å². The van der Waals surface area contributed by atoms with E-state index in [4.69, 9.17) is 0 Å². The number of rotatable bonds is 2. The Hall–Kier alpha value is -3.22. The molecule has 0 spiro atoms. The van der Waals surface area contributed by atoms with Crippen LogP contribution in [-0.2, 0) is 0 Å². The number of aromatic hydroxyl groups is 1. The molecule has 1 heterocycles. The lowest BCUT2D eigenvalue weighted by Crippen LogP contribution is -2.18. The quantitative estimate of drug-likeness (QED) is 0.573. The molecule has 21 heavy (non-hydrogen) atoms. The first-order chi connectivity index (χ1) is 10.1. The van der Waals surface area contributed by atoms with Crippen molar-refractivity contribution in [3.63, 3.8) is 0 Å². The van der Waals surface area contributed by atoms with Gasteiger partial charge in [0.05, 0.1) is 21.5 Å². The number of phenolic OH excluding ortho intramolecular Hbond substituents is 1. The van der Waals surface area contributed by atoms with Gasteiger partial charge in [0.1, 0.15) is 12.1 Å². The van der Waals surface area contributed by atoms with E-state index < -0.39 is 4.92 Å². The highest BCUT2D eigenvalue weighted by Gasteiger charge is 2.09. The van der Waals surface area contributed by atoms with E-state index in [1.807, 2.05) is 0 Å². The standard InChI is InChI=1S/C14H9N3O4/c18-11-5-6-12-13(7-11)15-8-16(14(12)19)9-1-3-10(4-2-9)17(20)21/h1-8,18H. The van der Waals surface area contributed by atoms with Crippen LogP contribution in [0.2, 0.25) is 0 Å². The zero-order chi connectivity index (χ0) is 15.0. The highest BCUT2D eigenvalue weighted by molar-refractivity contribution is 5.79. The van der Waals surface area contributed by atoms with Gasteiger partial charge in [-0.1, -0.05) is 0 Å². The Morgan fingerprint density at radius 1 is 1.14 bits per heavy atom. The second-order valence-electron chi connectivity index (χ2n) is 4.39. The molecule has 0 radical (unpaired) electrons. The van der Waals surface area contributed by atoms with Crippen molar-refractivity contribution in [3.8, 4) is 11.4 Å². The summed E-state index contributed by atoms with van der Waals surface area (Å²) in [4.78, 5) is 26.6. The van der Waals surface area contributed by atoms with Crippen LogP contribution >= 0.6 is 0 Å². The Labute approximate surface area is 117 Å². The first kappa shape index (κ1) is 12.8. The zero-order valence-corrected chi connectivity index (χ0v) is 10.6. The average Bonchev–Trinajstić information content (AvgIpc) is 2.47. The van der Waals surface area contributed by atoms with Crippen molar-refractivity contribution in [2.24, 2.45) is 0 Å². The Balaban J connectivity index is 2.16. The minimum absolute atomic E-state index is 0.0301. The molecule has 0 amide bonds. The summed E-state index contributed by atoms with van der Waals surface area (Å²) in [5.41, 5.74) is 0.505. The predicted octanol–water partition coefficient (Wildman–Crippen LogP) is 2.00. The molecule has 0 aliphatic heterocycles. The molecule has 3 rings (SSSR count). The van der Waals surface area contributed by atoms with Crippen LogP contribution in [0, 0.1) is 10.1 Å². The fourth-order valence-corrected chi connectivity index (χ4v) is 2.03. The number of benzene rings is 2. The molecular weight excluding hydrogens is 274 g/mol. The van der Waals surface area contributed by atoms with Crippen LogP contribution in [0.4, 0.5) is 5.69 Å². The molecule has 0 saturated heterocycles. The van der Waals surface area contributed by atoms with E-state index in [1.54, 1.807) is 0 Å². The summed E-state index contributed by atoms with van der Waals surface area (Å²) >= 11 is 0. The van der Waals surface area contributed by atoms with Crippen molar-refractivity contribution in [1.82, 2.24) is 9.55 Å². The Morgan fingerprint density at radius 2 is 1.86 bits per heavy atom. The van der Waals surface area contributed by atoms with Crippen LogP contribution in [0.1, 0.15) is 0 Å². The first-order valence-electron chi connectivity index (χ1n) is 6.01. The third kappa shape index (κ3) is 2.20. The maximum absolute atomic E-state index is 12.4. The Bertz CT molecular complexity index is 900. The van der Waals surface area contributed by atoms with Gasteiger partial charge in [0, 0.05) is 18.2 Å². The molecule has 0 saturated carbocycles. The van der Waals surface area contributed by atoms with Gasteiger partial charge in [-0.05, 0) is 24.3 Å². The number of aromatic nitrogens is 2. The van der Waals surface area contributed by atoms with Crippen LogP contribution in [0.5, 0.6) is 5.75 Å². The van der Waals surface area contributed by atoms with Crippen molar-refractivity contribution in [1.29, 1.82) is 0 Å². The molecule has 2 aromatic carbocycles. The second-order valence-corrected chi connectivity index (χ2v) is 4.39. The first-order valence-corrected chi connectivity index (χ1v) is 6.01.